The first kappa shape index (κ1) is 10.4. The summed E-state index contributed by atoms with van der Waals surface area (Å²) in [6, 6.07) is 0. The van der Waals surface area contributed by atoms with E-state index < -0.39 is 18.3 Å². The number of amides is 1. The quantitative estimate of drug-likeness (QED) is 0.712. The highest BCUT2D eigenvalue weighted by molar-refractivity contribution is 5.83. The Hall–Kier alpha value is -0.710. The van der Waals surface area contributed by atoms with Crippen molar-refractivity contribution in [2.75, 3.05) is 13.1 Å². The van der Waals surface area contributed by atoms with Gasteiger partial charge in [-0.1, -0.05) is 6.92 Å². The van der Waals surface area contributed by atoms with Crippen molar-refractivity contribution in [1.82, 2.24) is 10.4 Å². The maximum Gasteiger partial charge on any atom is 0.325 e. The number of nitrogens with one attached hydrogen (secondary N) is 1. The van der Waals surface area contributed by atoms with Gasteiger partial charge in [0.15, 0.2) is 0 Å². The number of hydrogen-bond acceptors (Lipinski definition) is 2. The molecule has 0 aromatic rings. The summed E-state index contributed by atoms with van der Waals surface area (Å²) >= 11 is 0. The summed E-state index contributed by atoms with van der Waals surface area (Å²) in [4.78, 5) is 11.2. The van der Waals surface area contributed by atoms with Gasteiger partial charge in [0.25, 0.3) is 0 Å². The fourth-order valence-electron chi connectivity index (χ4n) is 1.21. The molecule has 1 aliphatic heterocycles. The van der Waals surface area contributed by atoms with E-state index >= 15 is 0 Å². The summed E-state index contributed by atoms with van der Waals surface area (Å²) in [7, 11) is 0. The first-order chi connectivity index (χ1) is 6.08. The van der Waals surface area contributed by atoms with Crippen LogP contribution >= 0.6 is 0 Å². The van der Waals surface area contributed by atoms with Gasteiger partial charge in [-0.25, -0.2) is 5.43 Å². The lowest BCUT2D eigenvalue weighted by Gasteiger charge is -2.30. The molecule has 76 valence electrons. The van der Waals surface area contributed by atoms with E-state index in [2.05, 4.69) is 5.43 Å². The Bertz CT molecular complexity index is 191. The average Bonchev–Trinajstić information content (AvgIpc) is 2.18. The Labute approximate surface area is 76.1 Å². The molecule has 0 bridgehead atoms. The van der Waals surface area contributed by atoms with Crippen molar-refractivity contribution < 1.29 is 13.6 Å². The molecule has 1 amide bonds. The van der Waals surface area contributed by atoms with Crippen molar-refractivity contribution in [3.05, 3.63) is 0 Å². The van der Waals surface area contributed by atoms with E-state index in [1.54, 1.807) is 0 Å². The highest BCUT2D eigenvalue weighted by atomic mass is 19.3. The Morgan fingerprint density at radius 3 is 2.69 bits per heavy atom. The number of nitrogens with zero attached hydrogens (tertiary/aromatic N) is 1. The summed E-state index contributed by atoms with van der Waals surface area (Å²) < 4.78 is 25.8. The van der Waals surface area contributed by atoms with Crippen LogP contribution < -0.4 is 5.43 Å². The highest BCUT2D eigenvalue weighted by Gasteiger charge is 2.40. The number of carbonyl (C=O) groups excluding carboxylic acids is 1. The first-order valence-electron chi connectivity index (χ1n) is 4.51. The van der Waals surface area contributed by atoms with Gasteiger partial charge in [0.1, 0.15) is 0 Å². The molecule has 1 fully saturated rings. The largest absolute Gasteiger partial charge is 0.325 e. The van der Waals surface area contributed by atoms with Crippen LogP contribution in [0.4, 0.5) is 8.78 Å². The van der Waals surface area contributed by atoms with E-state index in [0.29, 0.717) is 13.1 Å². The molecular formula is C8H14F2N2O. The van der Waals surface area contributed by atoms with Gasteiger partial charge in [-0.15, -0.1) is 0 Å². The molecule has 5 heteroatoms. The third-order valence-electron chi connectivity index (χ3n) is 2.11. The van der Waals surface area contributed by atoms with Crippen molar-refractivity contribution >= 4 is 5.91 Å². The molecule has 1 N–H and O–H groups in total. The minimum absolute atomic E-state index is 0.383. The van der Waals surface area contributed by atoms with Crippen molar-refractivity contribution in [3.8, 4) is 0 Å². The maximum atomic E-state index is 12.9. The summed E-state index contributed by atoms with van der Waals surface area (Å²) in [5.74, 6) is -4.32. The minimum atomic E-state index is -3.22. The lowest BCUT2D eigenvalue weighted by Crippen LogP contribution is -2.53. The molecule has 1 aliphatic rings. The lowest BCUT2D eigenvalue weighted by molar-refractivity contribution is -0.162. The second-order valence-corrected chi connectivity index (χ2v) is 3.13. The predicted molar refractivity (Wildman–Crippen MR) is 44.2 cm³/mol. The molecule has 0 spiro atoms. The van der Waals surface area contributed by atoms with Crippen molar-refractivity contribution in [2.24, 2.45) is 0 Å². The second kappa shape index (κ2) is 4.00. The number of halogens is 2. The molecule has 0 saturated carbocycles. The monoisotopic (exact) mass is 192 g/mol. The molecule has 13 heavy (non-hydrogen) atoms. The van der Waals surface area contributed by atoms with Crippen molar-refractivity contribution in [1.29, 1.82) is 0 Å². The second-order valence-electron chi connectivity index (χ2n) is 3.13. The molecule has 1 heterocycles. The average molecular weight is 192 g/mol. The van der Waals surface area contributed by atoms with Gasteiger partial charge in [0, 0.05) is 19.5 Å². The van der Waals surface area contributed by atoms with E-state index in [4.69, 9.17) is 0 Å². The van der Waals surface area contributed by atoms with Crippen LogP contribution in [0.25, 0.3) is 0 Å². The van der Waals surface area contributed by atoms with E-state index in [9.17, 15) is 13.6 Å². The smallest absolute Gasteiger partial charge is 0.273 e. The highest BCUT2D eigenvalue weighted by Crippen LogP contribution is 2.21. The molecule has 0 aliphatic carbocycles. The van der Waals surface area contributed by atoms with Crippen LogP contribution in [0, 0.1) is 0 Å². The van der Waals surface area contributed by atoms with E-state index in [1.807, 2.05) is 0 Å². The zero-order valence-electron chi connectivity index (χ0n) is 7.65. The van der Waals surface area contributed by atoms with Crippen molar-refractivity contribution in [2.45, 2.75) is 32.1 Å². The molecule has 3 nitrogen and oxygen atoms in total. The van der Waals surface area contributed by atoms with E-state index in [0.717, 1.165) is 17.9 Å². The molecule has 0 unspecified atom stereocenters. The lowest BCUT2D eigenvalue weighted by atomic mass is 10.2. The number of hydrazine groups is 1. The van der Waals surface area contributed by atoms with Crippen LogP contribution in [0.5, 0.6) is 0 Å². The van der Waals surface area contributed by atoms with Gasteiger partial charge in [-0.2, -0.15) is 8.78 Å². The first-order valence-corrected chi connectivity index (χ1v) is 4.51. The molecule has 0 radical (unpaired) electrons. The maximum absolute atomic E-state index is 12.9. The van der Waals surface area contributed by atoms with Crippen LogP contribution in [0.3, 0.4) is 0 Å². The Kier molecular flexibility index (Phi) is 3.19. The normalized spacial score (nSPS) is 18.8. The topological polar surface area (TPSA) is 32.3 Å². The van der Waals surface area contributed by atoms with Crippen LogP contribution in [0.15, 0.2) is 0 Å². The molecular weight excluding hydrogens is 178 g/mol. The third-order valence-corrected chi connectivity index (χ3v) is 2.11. The van der Waals surface area contributed by atoms with Crippen LogP contribution in [0.1, 0.15) is 26.2 Å². The summed E-state index contributed by atoms with van der Waals surface area (Å²) in [6.45, 7) is 2.29. The van der Waals surface area contributed by atoms with Crippen LogP contribution in [-0.4, -0.2) is 29.9 Å². The van der Waals surface area contributed by atoms with Crippen LogP contribution in [-0.2, 0) is 4.79 Å². The molecule has 1 saturated heterocycles. The number of rotatable bonds is 2. The Morgan fingerprint density at radius 1 is 1.54 bits per heavy atom. The summed E-state index contributed by atoms with van der Waals surface area (Å²) in [6.07, 6.45) is 1.28. The fraction of sp³-hybridized carbons (Fsp3) is 0.875. The van der Waals surface area contributed by atoms with Gasteiger partial charge < -0.3 is 0 Å². The predicted octanol–water partition coefficient (Wildman–Crippen LogP) is 1.16. The van der Waals surface area contributed by atoms with Gasteiger partial charge in [-0.05, 0) is 12.8 Å². The molecule has 1 rings (SSSR count). The number of hydrogen-bond donors (Lipinski definition) is 1. The summed E-state index contributed by atoms with van der Waals surface area (Å²) in [5, 5.41) is 1.03. The van der Waals surface area contributed by atoms with Crippen molar-refractivity contribution in [3.63, 3.8) is 0 Å². The SMILES string of the molecule is CCC(F)(F)C(=O)N1CCCCN1. The summed E-state index contributed by atoms with van der Waals surface area (Å²) in [5.41, 5.74) is 2.66. The van der Waals surface area contributed by atoms with Crippen LogP contribution in [0.2, 0.25) is 0 Å². The van der Waals surface area contributed by atoms with Gasteiger partial charge >= 0.3 is 11.8 Å². The van der Waals surface area contributed by atoms with Gasteiger partial charge in [-0.3, -0.25) is 9.80 Å². The van der Waals surface area contributed by atoms with Gasteiger partial charge in [0.2, 0.25) is 0 Å². The number of alkyl halides is 2. The zero-order valence-corrected chi connectivity index (χ0v) is 7.65. The minimum Gasteiger partial charge on any atom is -0.273 e. The molecule has 0 aromatic carbocycles. The molecule has 0 aromatic heterocycles. The third kappa shape index (κ3) is 2.37. The van der Waals surface area contributed by atoms with Gasteiger partial charge in [0.05, 0.1) is 0 Å². The zero-order chi connectivity index (χ0) is 9.90. The Morgan fingerprint density at radius 2 is 2.23 bits per heavy atom. The van der Waals surface area contributed by atoms with E-state index in [-0.39, 0.29) is 0 Å². The fourth-order valence-corrected chi connectivity index (χ4v) is 1.21. The Balaban J connectivity index is 2.55. The standard InChI is InChI=1S/C8H14F2N2O/c1-2-8(9,10)7(13)12-6-4-3-5-11-12/h11H,2-6H2,1H3. The molecule has 0 atom stereocenters. The number of carbonyl (C=O) groups is 1. The van der Waals surface area contributed by atoms with E-state index in [1.165, 1.54) is 6.92 Å².